The lowest BCUT2D eigenvalue weighted by Crippen LogP contribution is -2.46. The van der Waals surface area contributed by atoms with E-state index in [0.29, 0.717) is 0 Å². The van der Waals surface area contributed by atoms with Gasteiger partial charge in [0.1, 0.15) is 5.75 Å². The maximum Gasteiger partial charge on any atom is 0.119 e. The number of rotatable bonds is 15. The Morgan fingerprint density at radius 2 is 1.18 bits per heavy atom. The number of piperazine rings is 1. The lowest BCUT2D eigenvalue weighted by Gasteiger charge is -2.34. The van der Waals surface area contributed by atoms with Crippen molar-refractivity contribution in [1.82, 2.24) is 14.4 Å². The van der Waals surface area contributed by atoms with Crippen LogP contribution >= 0.6 is 0 Å². The maximum absolute atomic E-state index is 5.89. The molecule has 4 nitrogen and oxygen atoms in total. The highest BCUT2D eigenvalue weighted by Crippen LogP contribution is 2.29. The van der Waals surface area contributed by atoms with Gasteiger partial charge in [-0.3, -0.25) is 0 Å². The highest BCUT2D eigenvalue weighted by Gasteiger charge is 2.16. The minimum Gasteiger partial charge on any atom is -0.494 e. The van der Waals surface area contributed by atoms with Gasteiger partial charge in [0.15, 0.2) is 0 Å². The van der Waals surface area contributed by atoms with Crippen LogP contribution < -0.4 is 4.74 Å². The first-order chi connectivity index (χ1) is 19.3. The van der Waals surface area contributed by atoms with Crippen LogP contribution in [0.3, 0.4) is 0 Å². The summed E-state index contributed by atoms with van der Waals surface area (Å²) in [5.41, 5.74) is 4.17. The summed E-state index contributed by atoms with van der Waals surface area (Å²) in [6.45, 7) is 11.4. The number of benzene rings is 3. The number of ether oxygens (including phenoxy) is 1. The molecule has 1 fully saturated rings. The molecular weight excluding hydrogens is 478 g/mol. The summed E-state index contributed by atoms with van der Waals surface area (Å²) in [6.07, 6.45) is 9.89. The van der Waals surface area contributed by atoms with Gasteiger partial charge in [-0.15, -0.1) is 0 Å². The van der Waals surface area contributed by atoms with E-state index in [9.17, 15) is 0 Å². The van der Waals surface area contributed by atoms with Crippen molar-refractivity contribution in [1.29, 1.82) is 0 Å². The van der Waals surface area contributed by atoms with Crippen molar-refractivity contribution in [3.8, 4) is 5.75 Å². The van der Waals surface area contributed by atoms with Crippen molar-refractivity contribution in [2.75, 3.05) is 45.9 Å². The molecule has 39 heavy (non-hydrogen) atoms. The van der Waals surface area contributed by atoms with Crippen molar-refractivity contribution in [3.63, 3.8) is 0 Å². The van der Waals surface area contributed by atoms with Gasteiger partial charge in [-0.1, -0.05) is 74.7 Å². The summed E-state index contributed by atoms with van der Waals surface area (Å²) in [4.78, 5) is 5.33. The van der Waals surface area contributed by atoms with Gasteiger partial charge in [0, 0.05) is 54.5 Å². The van der Waals surface area contributed by atoms with Crippen molar-refractivity contribution in [2.45, 2.75) is 64.8 Å². The van der Waals surface area contributed by atoms with Crippen molar-refractivity contribution < 1.29 is 4.74 Å². The monoisotopic (exact) mass is 525 g/mol. The Bertz CT molecular complexity index is 1220. The van der Waals surface area contributed by atoms with Crippen LogP contribution in [0.5, 0.6) is 5.75 Å². The summed E-state index contributed by atoms with van der Waals surface area (Å²) < 4.78 is 8.42. The standard InChI is InChI=1S/C35H47N3O/c1-2-3-4-11-29-39-31-20-18-30(19-21-31)13-12-23-37-27-25-36(26-28-37)22-9-10-24-38-34-16-7-5-14-32(34)33-15-6-8-17-35(33)38/h5-8,14-21H,2-4,9-13,22-29H2,1H3. The summed E-state index contributed by atoms with van der Waals surface area (Å²) in [5.74, 6) is 1.02. The lowest BCUT2D eigenvalue weighted by molar-refractivity contribution is 0.129. The number of unbranched alkanes of at least 4 members (excludes halogenated alkanes) is 4. The zero-order valence-corrected chi connectivity index (χ0v) is 24.0. The van der Waals surface area contributed by atoms with E-state index in [1.165, 1.54) is 105 Å². The highest BCUT2D eigenvalue weighted by atomic mass is 16.5. The smallest absolute Gasteiger partial charge is 0.119 e. The average Bonchev–Trinajstić information content (AvgIpc) is 3.30. The number of hydrogen-bond acceptors (Lipinski definition) is 3. The molecule has 3 aromatic carbocycles. The molecule has 0 atom stereocenters. The number of nitrogens with zero attached hydrogens (tertiary/aromatic N) is 3. The highest BCUT2D eigenvalue weighted by molar-refractivity contribution is 6.07. The summed E-state index contributed by atoms with van der Waals surface area (Å²) in [5, 5.41) is 2.76. The van der Waals surface area contributed by atoms with Gasteiger partial charge in [0.25, 0.3) is 0 Å². The quantitative estimate of drug-likeness (QED) is 0.148. The van der Waals surface area contributed by atoms with Gasteiger partial charge >= 0.3 is 0 Å². The van der Waals surface area contributed by atoms with Gasteiger partial charge in [0.05, 0.1) is 6.61 Å². The van der Waals surface area contributed by atoms with E-state index in [1.54, 1.807) is 0 Å². The topological polar surface area (TPSA) is 20.6 Å². The van der Waals surface area contributed by atoms with E-state index in [0.717, 1.165) is 31.7 Å². The molecule has 0 unspecified atom stereocenters. The summed E-state index contributed by atoms with van der Waals surface area (Å²) in [7, 11) is 0. The number of fused-ring (bicyclic) bond motifs is 3. The Labute approximate surface area is 235 Å². The zero-order chi connectivity index (χ0) is 26.7. The van der Waals surface area contributed by atoms with Crippen molar-refractivity contribution in [2.24, 2.45) is 0 Å². The second-order valence-corrected chi connectivity index (χ2v) is 11.2. The molecule has 1 aliphatic heterocycles. The largest absolute Gasteiger partial charge is 0.494 e. The van der Waals surface area contributed by atoms with Crippen LogP contribution in [0, 0.1) is 0 Å². The molecule has 0 spiro atoms. The third-order valence-corrected chi connectivity index (χ3v) is 8.38. The molecule has 0 N–H and O–H groups in total. The Hall–Kier alpha value is -2.82. The van der Waals surface area contributed by atoms with Crippen LogP contribution in [0.1, 0.15) is 57.4 Å². The Kier molecular flexibility index (Phi) is 10.3. The van der Waals surface area contributed by atoms with E-state index in [2.05, 4.69) is 94.1 Å². The molecule has 4 aromatic rings. The molecule has 0 amide bonds. The number of aryl methyl sites for hydroxylation is 2. The number of para-hydroxylation sites is 2. The fraction of sp³-hybridized carbons (Fsp3) is 0.486. The van der Waals surface area contributed by atoms with Gasteiger partial charge < -0.3 is 19.1 Å². The first kappa shape index (κ1) is 27.7. The molecule has 1 saturated heterocycles. The fourth-order valence-electron chi connectivity index (χ4n) is 6.06. The SMILES string of the molecule is CCCCCCOc1ccc(CCCN2CCN(CCCCn3c4ccccc4c4ccccc43)CC2)cc1. The van der Waals surface area contributed by atoms with Gasteiger partial charge in [0.2, 0.25) is 0 Å². The molecule has 0 radical (unpaired) electrons. The zero-order valence-electron chi connectivity index (χ0n) is 24.0. The normalized spacial score (nSPS) is 14.9. The van der Waals surface area contributed by atoms with Crippen molar-refractivity contribution in [3.05, 3.63) is 78.4 Å². The van der Waals surface area contributed by atoms with Crippen LogP contribution in [-0.4, -0.2) is 60.2 Å². The molecule has 0 aliphatic carbocycles. The first-order valence-electron chi connectivity index (χ1n) is 15.4. The Morgan fingerprint density at radius 3 is 1.82 bits per heavy atom. The van der Waals surface area contributed by atoms with Crippen LogP contribution in [0.4, 0.5) is 0 Å². The van der Waals surface area contributed by atoms with E-state index >= 15 is 0 Å². The van der Waals surface area contributed by atoms with Crippen LogP contribution in [-0.2, 0) is 13.0 Å². The molecule has 1 aromatic heterocycles. The molecule has 0 saturated carbocycles. The van der Waals surface area contributed by atoms with E-state index in [1.807, 2.05) is 0 Å². The molecule has 1 aliphatic rings. The first-order valence-corrected chi connectivity index (χ1v) is 15.4. The predicted molar refractivity (Wildman–Crippen MR) is 166 cm³/mol. The molecule has 208 valence electrons. The maximum atomic E-state index is 5.89. The number of aromatic nitrogens is 1. The lowest BCUT2D eigenvalue weighted by atomic mass is 10.1. The Balaban J connectivity index is 0.964. The third-order valence-electron chi connectivity index (χ3n) is 8.38. The summed E-state index contributed by atoms with van der Waals surface area (Å²) >= 11 is 0. The van der Waals surface area contributed by atoms with Gasteiger partial charge in [-0.25, -0.2) is 0 Å². The van der Waals surface area contributed by atoms with Crippen LogP contribution in [0.25, 0.3) is 21.8 Å². The Morgan fingerprint density at radius 1 is 0.590 bits per heavy atom. The van der Waals surface area contributed by atoms with E-state index in [-0.39, 0.29) is 0 Å². The third kappa shape index (κ3) is 7.64. The molecule has 4 heteroatoms. The van der Waals surface area contributed by atoms with E-state index < -0.39 is 0 Å². The second kappa shape index (κ2) is 14.5. The molecular formula is C35H47N3O. The molecule has 5 rings (SSSR count). The molecule has 0 bridgehead atoms. The number of hydrogen-bond donors (Lipinski definition) is 0. The van der Waals surface area contributed by atoms with Crippen LogP contribution in [0.15, 0.2) is 72.8 Å². The minimum atomic E-state index is 0.840. The molecule has 2 heterocycles. The van der Waals surface area contributed by atoms with E-state index in [4.69, 9.17) is 4.74 Å². The average molecular weight is 526 g/mol. The van der Waals surface area contributed by atoms with Gasteiger partial charge in [-0.2, -0.15) is 0 Å². The fourth-order valence-corrected chi connectivity index (χ4v) is 6.06. The predicted octanol–water partition coefficient (Wildman–Crippen LogP) is 7.78. The second-order valence-electron chi connectivity index (χ2n) is 11.2. The minimum absolute atomic E-state index is 0.840. The van der Waals surface area contributed by atoms with Crippen molar-refractivity contribution >= 4 is 21.8 Å². The van der Waals surface area contributed by atoms with Crippen LogP contribution in [0.2, 0.25) is 0 Å². The summed E-state index contributed by atoms with van der Waals surface area (Å²) in [6, 6.07) is 26.5. The van der Waals surface area contributed by atoms with Gasteiger partial charge in [-0.05, 0) is 75.0 Å².